The zero-order chi connectivity index (χ0) is 19.5. The first-order valence-corrected chi connectivity index (χ1v) is 9.74. The number of benzene rings is 2. The summed E-state index contributed by atoms with van der Waals surface area (Å²) >= 11 is 12.1. The van der Waals surface area contributed by atoms with Gasteiger partial charge in [-0.25, -0.2) is 9.78 Å². The summed E-state index contributed by atoms with van der Waals surface area (Å²) in [6.45, 7) is 0.343. The van der Waals surface area contributed by atoms with Crippen LogP contribution in [0.1, 0.15) is 29.6 Å². The van der Waals surface area contributed by atoms with Crippen LogP contribution in [0.4, 0.5) is 0 Å². The maximum absolute atomic E-state index is 12.3. The molecule has 4 rings (SSSR count). The van der Waals surface area contributed by atoms with Gasteiger partial charge in [0.05, 0.1) is 12.2 Å². The highest BCUT2D eigenvalue weighted by Crippen LogP contribution is 2.29. The van der Waals surface area contributed by atoms with E-state index in [1.807, 2.05) is 0 Å². The summed E-state index contributed by atoms with van der Waals surface area (Å²) < 4.78 is 11.2. The third-order valence-corrected chi connectivity index (χ3v) is 4.87. The predicted octanol–water partition coefficient (Wildman–Crippen LogP) is 6.62. The summed E-state index contributed by atoms with van der Waals surface area (Å²) in [5.74, 6) is 0.00646. The van der Waals surface area contributed by atoms with E-state index in [4.69, 9.17) is 32.4 Å². The van der Waals surface area contributed by atoms with Gasteiger partial charge in [-0.2, -0.15) is 0 Å². The molecule has 0 atom stereocenters. The topological polar surface area (TPSA) is 52.3 Å². The average molecular weight is 414 g/mol. The Balaban J connectivity index is 1.48. The smallest absolute Gasteiger partial charge is 0.338 e. The van der Waals surface area contributed by atoms with Crippen molar-refractivity contribution in [2.45, 2.75) is 19.3 Å². The fourth-order valence-corrected chi connectivity index (χ4v) is 3.58. The summed E-state index contributed by atoms with van der Waals surface area (Å²) in [5, 5.41) is 0.994. The number of fused-ring (bicyclic) bond motifs is 1. The zero-order valence-corrected chi connectivity index (χ0v) is 16.5. The van der Waals surface area contributed by atoms with Crippen LogP contribution >= 0.6 is 23.2 Å². The van der Waals surface area contributed by atoms with Gasteiger partial charge in [-0.3, -0.25) is 0 Å². The second-order valence-corrected chi connectivity index (χ2v) is 7.38. The lowest BCUT2D eigenvalue weighted by molar-refractivity contribution is 0.0510. The molecule has 0 spiro atoms. The van der Waals surface area contributed by atoms with Crippen LogP contribution < -0.4 is 0 Å². The van der Waals surface area contributed by atoms with Crippen molar-refractivity contribution in [3.8, 4) is 11.5 Å². The Morgan fingerprint density at radius 3 is 2.68 bits per heavy atom. The number of hydrogen-bond donors (Lipinski definition) is 0. The van der Waals surface area contributed by atoms with E-state index in [1.54, 1.807) is 36.4 Å². The first-order valence-electron chi connectivity index (χ1n) is 8.98. The van der Waals surface area contributed by atoms with E-state index in [0.717, 1.165) is 12.8 Å². The minimum absolute atomic E-state index is 0.343. The van der Waals surface area contributed by atoms with E-state index < -0.39 is 0 Å². The highest BCUT2D eigenvalue weighted by atomic mass is 35.5. The summed E-state index contributed by atoms with van der Waals surface area (Å²) in [6, 6.07) is 10.1. The molecule has 0 unspecified atom stereocenters. The molecule has 0 saturated carbocycles. The van der Waals surface area contributed by atoms with Crippen molar-refractivity contribution in [3.63, 3.8) is 0 Å². The molecule has 142 valence electrons. The molecule has 1 aromatic heterocycles. The van der Waals surface area contributed by atoms with Gasteiger partial charge in [-0.05, 0) is 54.8 Å². The van der Waals surface area contributed by atoms with E-state index >= 15 is 0 Å². The second kappa shape index (κ2) is 8.21. The van der Waals surface area contributed by atoms with E-state index in [0.29, 0.717) is 51.2 Å². The van der Waals surface area contributed by atoms with Crippen molar-refractivity contribution in [1.29, 1.82) is 0 Å². The molecule has 1 aliphatic carbocycles. The molecular weight excluding hydrogens is 397 g/mol. The fourth-order valence-electron chi connectivity index (χ4n) is 3.05. The van der Waals surface area contributed by atoms with Gasteiger partial charge in [0.2, 0.25) is 5.89 Å². The van der Waals surface area contributed by atoms with E-state index in [2.05, 4.69) is 23.2 Å². The quantitative estimate of drug-likeness (QED) is 0.440. The van der Waals surface area contributed by atoms with E-state index in [9.17, 15) is 4.79 Å². The maximum atomic E-state index is 12.3. The number of esters is 1. The van der Waals surface area contributed by atoms with E-state index in [-0.39, 0.29) is 5.97 Å². The molecule has 0 fully saturated rings. The van der Waals surface area contributed by atoms with Crippen LogP contribution in [0.25, 0.3) is 22.6 Å². The molecular formula is C22H17Cl2NO3. The van der Waals surface area contributed by atoms with Gasteiger partial charge >= 0.3 is 5.97 Å². The standard InChI is InChI=1S/C22H17Cl2NO3/c23-17-10-16(11-18(24)13-17)21-25-19-7-6-15(12-20(19)28-21)22(26)27-9-8-14-4-2-1-3-5-14/h2,4-7,10-13H,1,3,8-9H2. The highest BCUT2D eigenvalue weighted by Gasteiger charge is 2.14. The van der Waals surface area contributed by atoms with Crippen LogP contribution in [0.5, 0.6) is 0 Å². The first-order chi connectivity index (χ1) is 13.6. The number of hydrogen-bond acceptors (Lipinski definition) is 4. The maximum Gasteiger partial charge on any atom is 0.338 e. The van der Waals surface area contributed by atoms with Gasteiger partial charge in [0.1, 0.15) is 5.52 Å². The largest absolute Gasteiger partial charge is 0.462 e. The second-order valence-electron chi connectivity index (χ2n) is 6.50. The van der Waals surface area contributed by atoms with Gasteiger partial charge in [-0.15, -0.1) is 0 Å². The Morgan fingerprint density at radius 2 is 1.93 bits per heavy atom. The number of aromatic nitrogens is 1. The van der Waals surface area contributed by atoms with Crippen LogP contribution in [-0.2, 0) is 4.74 Å². The molecule has 2 aromatic carbocycles. The normalized spacial score (nSPS) is 13.6. The predicted molar refractivity (Wildman–Crippen MR) is 111 cm³/mol. The Kier molecular flexibility index (Phi) is 5.51. The van der Waals surface area contributed by atoms with Crippen LogP contribution in [0.15, 0.2) is 64.6 Å². The highest BCUT2D eigenvalue weighted by molar-refractivity contribution is 6.35. The molecule has 0 radical (unpaired) electrons. The van der Waals surface area contributed by atoms with Gasteiger partial charge in [0.15, 0.2) is 5.58 Å². The van der Waals surface area contributed by atoms with E-state index in [1.165, 1.54) is 5.57 Å². The summed E-state index contributed by atoms with van der Waals surface area (Å²) in [5.41, 5.74) is 3.44. The number of carbonyl (C=O) groups is 1. The van der Waals surface area contributed by atoms with Crippen LogP contribution in [0.3, 0.4) is 0 Å². The van der Waals surface area contributed by atoms with Crippen molar-refractivity contribution < 1.29 is 13.9 Å². The minimum atomic E-state index is -0.383. The Bertz CT molecular complexity index is 1080. The Morgan fingerprint density at radius 1 is 1.11 bits per heavy atom. The lowest BCUT2D eigenvalue weighted by atomic mass is 10.1. The number of ether oxygens (including phenoxy) is 1. The number of halogens is 2. The third kappa shape index (κ3) is 4.29. The fraction of sp³-hybridized carbons (Fsp3) is 0.182. The van der Waals surface area contributed by atoms with Gasteiger partial charge in [0, 0.05) is 22.0 Å². The molecule has 3 aromatic rings. The van der Waals surface area contributed by atoms with Gasteiger partial charge < -0.3 is 9.15 Å². The average Bonchev–Trinajstić information content (AvgIpc) is 3.11. The Labute approximate surface area is 172 Å². The summed E-state index contributed by atoms with van der Waals surface area (Å²) in [7, 11) is 0. The lowest BCUT2D eigenvalue weighted by Crippen LogP contribution is -2.07. The zero-order valence-electron chi connectivity index (χ0n) is 15.0. The van der Waals surface area contributed by atoms with Crippen LogP contribution in [0, 0.1) is 0 Å². The molecule has 6 heteroatoms. The monoisotopic (exact) mass is 413 g/mol. The summed E-state index contributed by atoms with van der Waals surface area (Å²) in [6.07, 6.45) is 9.23. The molecule has 0 aliphatic heterocycles. The molecule has 0 amide bonds. The van der Waals surface area contributed by atoms with Crippen molar-refractivity contribution in [2.75, 3.05) is 6.61 Å². The molecule has 1 aliphatic rings. The third-order valence-electron chi connectivity index (χ3n) is 4.43. The van der Waals surface area contributed by atoms with Crippen molar-refractivity contribution >= 4 is 40.3 Å². The molecule has 0 saturated heterocycles. The SMILES string of the molecule is O=C(OCCC1=CCCC=C1)c1ccc2nc(-c3cc(Cl)cc(Cl)c3)oc2c1. The van der Waals surface area contributed by atoms with Crippen molar-refractivity contribution in [3.05, 3.63) is 75.8 Å². The number of allylic oxidation sites excluding steroid dienone is 3. The lowest BCUT2D eigenvalue weighted by Gasteiger charge is -2.08. The molecule has 0 bridgehead atoms. The number of oxazole rings is 1. The minimum Gasteiger partial charge on any atom is -0.462 e. The summed E-state index contributed by atoms with van der Waals surface area (Å²) in [4.78, 5) is 16.8. The number of nitrogens with zero attached hydrogens (tertiary/aromatic N) is 1. The molecule has 1 heterocycles. The first kappa shape index (κ1) is 18.8. The molecule has 28 heavy (non-hydrogen) atoms. The van der Waals surface area contributed by atoms with Gasteiger partial charge in [0.25, 0.3) is 0 Å². The molecule has 0 N–H and O–H groups in total. The Hall–Kier alpha value is -2.56. The van der Waals surface area contributed by atoms with Crippen LogP contribution in [-0.4, -0.2) is 17.6 Å². The molecule has 4 nitrogen and oxygen atoms in total. The van der Waals surface area contributed by atoms with Crippen LogP contribution in [0.2, 0.25) is 10.0 Å². The number of carbonyl (C=O) groups excluding carboxylic acids is 1. The van der Waals surface area contributed by atoms with Crippen molar-refractivity contribution in [1.82, 2.24) is 4.98 Å². The van der Waals surface area contributed by atoms with Crippen molar-refractivity contribution in [2.24, 2.45) is 0 Å². The van der Waals surface area contributed by atoms with Gasteiger partial charge in [-0.1, -0.05) is 41.4 Å². The number of rotatable bonds is 5.